The molecule has 1 saturated heterocycles. The fraction of sp³-hybridized carbons (Fsp3) is 0.350. The lowest BCUT2D eigenvalue weighted by atomic mass is 9.99. The van der Waals surface area contributed by atoms with Crippen LogP contribution >= 0.6 is 11.6 Å². The van der Waals surface area contributed by atoms with Crippen LogP contribution in [0, 0.1) is 0 Å². The van der Waals surface area contributed by atoms with Gasteiger partial charge < -0.3 is 35.2 Å². The largest absolute Gasteiger partial charge is 0.460 e. The van der Waals surface area contributed by atoms with Gasteiger partial charge in [-0.1, -0.05) is 29.8 Å². The van der Waals surface area contributed by atoms with Crippen molar-refractivity contribution in [2.45, 2.75) is 30.7 Å². The first-order valence-electron chi connectivity index (χ1n) is 8.95. The molecule has 1 fully saturated rings. The van der Waals surface area contributed by atoms with Crippen LogP contribution in [-0.4, -0.2) is 70.7 Å². The quantitative estimate of drug-likeness (QED) is 0.475. The smallest absolute Gasteiger partial charge is 0.251 e. The van der Waals surface area contributed by atoms with E-state index in [1.54, 1.807) is 43.4 Å². The van der Waals surface area contributed by atoms with Crippen molar-refractivity contribution in [3.63, 3.8) is 0 Å². The van der Waals surface area contributed by atoms with E-state index in [1.165, 1.54) is 0 Å². The molecule has 3 unspecified atom stereocenters. The summed E-state index contributed by atoms with van der Waals surface area (Å²) in [7, 11) is 1.55. The highest BCUT2D eigenvalue weighted by atomic mass is 35.5. The Morgan fingerprint density at radius 3 is 2.48 bits per heavy atom. The molecule has 1 amide bonds. The summed E-state index contributed by atoms with van der Waals surface area (Å²) in [6.45, 7) is -0.556. The van der Waals surface area contributed by atoms with E-state index in [-0.39, 0.29) is 16.7 Å². The summed E-state index contributed by atoms with van der Waals surface area (Å²) in [5, 5.41) is 41.8. The van der Waals surface area contributed by atoms with Gasteiger partial charge in [0.1, 0.15) is 30.2 Å². The summed E-state index contributed by atoms with van der Waals surface area (Å²) >= 11 is 6.31. The molecule has 0 aromatic heterocycles. The van der Waals surface area contributed by atoms with Gasteiger partial charge in [0, 0.05) is 12.6 Å². The number of halogens is 1. The van der Waals surface area contributed by atoms with Crippen molar-refractivity contribution in [2.75, 3.05) is 13.7 Å². The summed E-state index contributed by atoms with van der Waals surface area (Å²) in [6.07, 6.45) is -6.96. The minimum absolute atomic E-state index is 0.183. The molecule has 0 spiro atoms. The number of carbonyl (C=O) groups is 1. The molecule has 0 bridgehead atoms. The molecule has 0 saturated carbocycles. The van der Waals surface area contributed by atoms with Gasteiger partial charge >= 0.3 is 0 Å². The Bertz CT molecular complexity index is 876. The molecule has 29 heavy (non-hydrogen) atoms. The lowest BCUT2D eigenvalue weighted by Gasteiger charge is -2.39. The van der Waals surface area contributed by atoms with Gasteiger partial charge in [-0.25, -0.2) is 0 Å². The number of nitrogens with one attached hydrogen (secondary N) is 1. The summed E-state index contributed by atoms with van der Waals surface area (Å²) in [5.74, 6) is -0.0253. The molecule has 0 radical (unpaired) electrons. The van der Waals surface area contributed by atoms with Gasteiger partial charge in [-0.05, 0) is 35.4 Å². The van der Waals surface area contributed by atoms with Gasteiger partial charge in [0.25, 0.3) is 5.91 Å². The molecule has 9 heteroatoms. The average molecular weight is 424 g/mol. The molecule has 2 aromatic rings. The summed E-state index contributed by atoms with van der Waals surface area (Å²) < 4.78 is 10.9. The second kappa shape index (κ2) is 9.08. The van der Waals surface area contributed by atoms with E-state index >= 15 is 0 Å². The van der Waals surface area contributed by atoms with Crippen LogP contribution in [0.15, 0.2) is 42.5 Å². The van der Waals surface area contributed by atoms with Gasteiger partial charge in [-0.2, -0.15) is 0 Å². The zero-order chi connectivity index (χ0) is 21.1. The monoisotopic (exact) mass is 423 g/mol. The number of amides is 1. The Morgan fingerprint density at radius 2 is 1.83 bits per heavy atom. The maximum absolute atomic E-state index is 11.8. The van der Waals surface area contributed by atoms with Gasteiger partial charge in [0.15, 0.2) is 0 Å². The molecule has 2 aromatic carbocycles. The van der Waals surface area contributed by atoms with E-state index in [0.717, 1.165) is 11.1 Å². The van der Waals surface area contributed by atoms with Crippen molar-refractivity contribution in [3.05, 3.63) is 53.1 Å². The van der Waals surface area contributed by atoms with Gasteiger partial charge in [0.2, 0.25) is 6.29 Å². The molecule has 3 rings (SSSR count). The first-order valence-corrected chi connectivity index (χ1v) is 9.32. The molecule has 1 heterocycles. The molecule has 1 aliphatic heterocycles. The lowest BCUT2D eigenvalue weighted by molar-refractivity contribution is -0.277. The van der Waals surface area contributed by atoms with E-state index < -0.39 is 37.3 Å². The minimum atomic E-state index is -1.54. The number of rotatable bonds is 5. The number of hydrogen-bond acceptors (Lipinski definition) is 7. The standard InChI is InChI=1S/C20H22ClNO7/c1-22-19(27)12-4-2-3-10(7-12)11-5-6-14(13(21)8-11)28-20-18(26)17(25)16(24)15(9-23)29-20/h2-8,15-18,20,23-26H,9H2,1H3,(H,22,27)/t15?,16-,17?,18?,20+/m1/s1. The number of aliphatic hydroxyl groups excluding tert-OH is 4. The Balaban J connectivity index is 1.81. The molecule has 0 aliphatic carbocycles. The molecule has 156 valence electrons. The lowest BCUT2D eigenvalue weighted by Crippen LogP contribution is -2.60. The number of hydrogen-bond donors (Lipinski definition) is 5. The molecule has 1 aliphatic rings. The zero-order valence-electron chi connectivity index (χ0n) is 15.5. The predicted octanol–water partition coefficient (Wildman–Crippen LogP) is 0.545. The normalized spacial score (nSPS) is 26.8. The highest BCUT2D eigenvalue weighted by molar-refractivity contribution is 6.32. The van der Waals surface area contributed by atoms with Gasteiger partial charge in [0.05, 0.1) is 11.6 Å². The summed E-state index contributed by atoms with van der Waals surface area (Å²) in [4.78, 5) is 11.8. The Morgan fingerprint density at radius 1 is 1.10 bits per heavy atom. The van der Waals surface area contributed by atoms with Crippen LogP contribution in [-0.2, 0) is 4.74 Å². The van der Waals surface area contributed by atoms with Crippen molar-refractivity contribution in [1.29, 1.82) is 0 Å². The highest BCUT2D eigenvalue weighted by Crippen LogP contribution is 2.33. The van der Waals surface area contributed by atoms with Crippen molar-refractivity contribution in [2.24, 2.45) is 0 Å². The highest BCUT2D eigenvalue weighted by Gasteiger charge is 2.44. The summed E-state index contributed by atoms with van der Waals surface area (Å²) in [6, 6.07) is 11.9. The predicted molar refractivity (Wildman–Crippen MR) is 105 cm³/mol. The third kappa shape index (κ3) is 4.53. The Kier molecular flexibility index (Phi) is 6.74. The Hall–Kier alpha value is -2.20. The van der Waals surface area contributed by atoms with Crippen molar-refractivity contribution in [3.8, 4) is 16.9 Å². The molecule has 8 nitrogen and oxygen atoms in total. The third-order valence-corrected chi connectivity index (χ3v) is 5.00. The van der Waals surface area contributed by atoms with Gasteiger partial charge in [-0.15, -0.1) is 0 Å². The zero-order valence-corrected chi connectivity index (χ0v) is 16.3. The van der Waals surface area contributed by atoms with E-state index in [9.17, 15) is 25.2 Å². The third-order valence-electron chi connectivity index (χ3n) is 4.71. The second-order valence-electron chi connectivity index (χ2n) is 6.62. The van der Waals surface area contributed by atoms with Crippen LogP contribution in [0.4, 0.5) is 0 Å². The van der Waals surface area contributed by atoms with Crippen LogP contribution in [0.25, 0.3) is 11.1 Å². The first-order chi connectivity index (χ1) is 13.8. The number of carbonyl (C=O) groups excluding carboxylic acids is 1. The average Bonchev–Trinajstić information content (AvgIpc) is 2.74. The Labute approximate surface area is 172 Å². The summed E-state index contributed by atoms with van der Waals surface area (Å²) in [5.41, 5.74) is 2.01. The molecular weight excluding hydrogens is 402 g/mol. The fourth-order valence-electron chi connectivity index (χ4n) is 3.05. The molecule has 5 N–H and O–H groups in total. The van der Waals surface area contributed by atoms with Crippen LogP contribution in [0.1, 0.15) is 10.4 Å². The fourth-order valence-corrected chi connectivity index (χ4v) is 3.28. The van der Waals surface area contributed by atoms with Crippen molar-refractivity contribution in [1.82, 2.24) is 5.32 Å². The number of ether oxygens (including phenoxy) is 2. The van der Waals surface area contributed by atoms with Crippen LogP contribution in [0.3, 0.4) is 0 Å². The van der Waals surface area contributed by atoms with Crippen LogP contribution in [0.2, 0.25) is 5.02 Å². The van der Waals surface area contributed by atoms with E-state index in [2.05, 4.69) is 5.32 Å². The van der Waals surface area contributed by atoms with E-state index in [0.29, 0.717) is 5.56 Å². The maximum Gasteiger partial charge on any atom is 0.251 e. The van der Waals surface area contributed by atoms with E-state index in [4.69, 9.17) is 21.1 Å². The topological polar surface area (TPSA) is 128 Å². The number of aliphatic hydroxyl groups is 4. The van der Waals surface area contributed by atoms with Crippen LogP contribution in [0.5, 0.6) is 5.75 Å². The second-order valence-corrected chi connectivity index (χ2v) is 7.03. The maximum atomic E-state index is 11.8. The number of benzene rings is 2. The van der Waals surface area contributed by atoms with Crippen molar-refractivity contribution < 1.29 is 34.7 Å². The first kappa shape index (κ1) is 21.5. The van der Waals surface area contributed by atoms with E-state index in [1.807, 2.05) is 6.07 Å². The van der Waals surface area contributed by atoms with Crippen molar-refractivity contribution >= 4 is 17.5 Å². The van der Waals surface area contributed by atoms with Gasteiger partial charge in [-0.3, -0.25) is 4.79 Å². The SMILES string of the molecule is CNC(=O)c1cccc(-c2ccc(O[C@H]3OC(CO)[C@@H](O)C(O)C3O)c(Cl)c2)c1. The minimum Gasteiger partial charge on any atom is -0.460 e. The van der Waals surface area contributed by atoms with Crippen LogP contribution < -0.4 is 10.1 Å². The molecular formula is C20H22ClNO7. The molecule has 5 atom stereocenters.